The van der Waals surface area contributed by atoms with Gasteiger partial charge < -0.3 is 10.4 Å². The summed E-state index contributed by atoms with van der Waals surface area (Å²) in [5.74, 6) is -1.04. The van der Waals surface area contributed by atoms with E-state index in [9.17, 15) is 18.3 Å². The molecule has 0 fully saturated rings. The highest BCUT2D eigenvalue weighted by Crippen LogP contribution is 2.44. The van der Waals surface area contributed by atoms with Crippen LogP contribution in [0.2, 0.25) is 0 Å². The Labute approximate surface area is 152 Å². The first-order valence-corrected chi connectivity index (χ1v) is 9.68. The van der Waals surface area contributed by atoms with E-state index in [1.165, 1.54) is 25.6 Å². The number of hydrogen-bond donors (Lipinski definition) is 2. The molecule has 3 heterocycles. The number of fused-ring (bicyclic) bond motifs is 3. The first-order valence-electron chi connectivity index (χ1n) is 7.42. The number of aliphatic hydroxyl groups excluding tert-OH is 1. The van der Waals surface area contributed by atoms with Gasteiger partial charge in [0, 0.05) is 29.5 Å². The number of aliphatic hydroxyl groups is 1. The molecule has 0 atom stereocenters. The molecule has 0 bridgehead atoms. The topological polar surface area (TPSA) is 112 Å². The van der Waals surface area contributed by atoms with E-state index >= 15 is 0 Å². The van der Waals surface area contributed by atoms with Crippen LogP contribution in [0.4, 0.5) is 5.82 Å². The van der Waals surface area contributed by atoms with E-state index in [4.69, 9.17) is 0 Å². The van der Waals surface area contributed by atoms with E-state index in [0.717, 1.165) is 15.6 Å². The SMILES string of the molecule is CN1C(C(=O)Nc2cnccn2)=C(O)c2sc3ccccc3c2S1(=O)=O. The van der Waals surface area contributed by atoms with Gasteiger partial charge in [0.2, 0.25) is 0 Å². The Hall–Kier alpha value is -2.98. The fraction of sp³-hybridized carbons (Fsp3) is 0.0625. The van der Waals surface area contributed by atoms with E-state index in [2.05, 4.69) is 15.3 Å². The number of thiophene rings is 1. The quantitative estimate of drug-likeness (QED) is 0.696. The van der Waals surface area contributed by atoms with Crippen molar-refractivity contribution in [2.75, 3.05) is 12.4 Å². The molecule has 0 unspecified atom stereocenters. The molecule has 132 valence electrons. The molecular weight excluding hydrogens is 376 g/mol. The van der Waals surface area contributed by atoms with E-state index in [-0.39, 0.29) is 27.0 Å². The van der Waals surface area contributed by atoms with Gasteiger partial charge >= 0.3 is 0 Å². The number of rotatable bonds is 2. The lowest BCUT2D eigenvalue weighted by Gasteiger charge is -2.26. The molecule has 0 radical (unpaired) electrons. The molecule has 0 spiro atoms. The lowest BCUT2D eigenvalue weighted by molar-refractivity contribution is -0.113. The van der Waals surface area contributed by atoms with Gasteiger partial charge in [-0.3, -0.25) is 14.1 Å². The van der Waals surface area contributed by atoms with Crippen molar-refractivity contribution < 1.29 is 18.3 Å². The summed E-state index contributed by atoms with van der Waals surface area (Å²) in [6, 6.07) is 6.94. The molecule has 1 aromatic carbocycles. The number of nitrogens with zero attached hydrogens (tertiary/aromatic N) is 3. The molecule has 26 heavy (non-hydrogen) atoms. The maximum atomic E-state index is 13.0. The maximum absolute atomic E-state index is 13.0. The van der Waals surface area contributed by atoms with Gasteiger partial charge in [0.05, 0.1) is 11.1 Å². The molecule has 10 heteroatoms. The van der Waals surface area contributed by atoms with Crippen LogP contribution >= 0.6 is 11.3 Å². The minimum absolute atomic E-state index is 0.00847. The zero-order chi connectivity index (χ0) is 18.5. The smallest absolute Gasteiger partial charge is 0.278 e. The molecule has 0 saturated carbocycles. The Balaban J connectivity index is 1.90. The average molecular weight is 388 g/mol. The second-order valence-electron chi connectivity index (χ2n) is 5.47. The largest absolute Gasteiger partial charge is 0.504 e. The van der Waals surface area contributed by atoms with Crippen molar-refractivity contribution in [2.45, 2.75) is 4.90 Å². The minimum atomic E-state index is -3.99. The number of hydrogen-bond acceptors (Lipinski definition) is 7. The molecule has 2 N–H and O–H groups in total. The average Bonchev–Trinajstić information content (AvgIpc) is 3.02. The van der Waals surface area contributed by atoms with Crippen LogP contribution in [-0.2, 0) is 14.8 Å². The molecule has 1 aliphatic rings. The number of anilines is 1. The molecular formula is C16H12N4O4S2. The first-order chi connectivity index (χ1) is 12.4. The third-order valence-electron chi connectivity index (χ3n) is 3.94. The Morgan fingerprint density at radius 3 is 2.77 bits per heavy atom. The van der Waals surface area contributed by atoms with E-state index in [1.807, 2.05) is 0 Å². The predicted octanol–water partition coefficient (Wildman–Crippen LogP) is 2.19. The molecule has 1 aliphatic heterocycles. The van der Waals surface area contributed by atoms with Crippen LogP contribution in [0.1, 0.15) is 4.88 Å². The van der Waals surface area contributed by atoms with Crippen LogP contribution in [0.15, 0.2) is 53.4 Å². The van der Waals surface area contributed by atoms with Crippen molar-refractivity contribution in [3.05, 3.63) is 53.4 Å². The Kier molecular flexibility index (Phi) is 3.67. The van der Waals surface area contributed by atoms with E-state index < -0.39 is 15.9 Å². The second-order valence-corrected chi connectivity index (χ2v) is 8.43. The van der Waals surface area contributed by atoms with E-state index in [1.54, 1.807) is 24.3 Å². The second kappa shape index (κ2) is 5.78. The molecule has 0 aliphatic carbocycles. The van der Waals surface area contributed by atoms with Gasteiger partial charge in [0.15, 0.2) is 17.3 Å². The summed E-state index contributed by atoms with van der Waals surface area (Å²) in [5, 5.41) is 13.6. The Morgan fingerprint density at radius 2 is 2.04 bits per heavy atom. The molecule has 4 rings (SSSR count). The molecule has 1 amide bonds. The summed E-state index contributed by atoms with van der Waals surface area (Å²) >= 11 is 1.12. The van der Waals surface area contributed by atoms with Crippen LogP contribution in [0.5, 0.6) is 0 Å². The number of sulfonamides is 1. The van der Waals surface area contributed by atoms with Gasteiger partial charge in [-0.05, 0) is 6.07 Å². The molecule has 2 aromatic heterocycles. The van der Waals surface area contributed by atoms with Crippen molar-refractivity contribution >= 4 is 48.9 Å². The van der Waals surface area contributed by atoms with Gasteiger partial charge in [-0.25, -0.2) is 13.4 Å². The van der Waals surface area contributed by atoms with Crippen molar-refractivity contribution in [1.82, 2.24) is 14.3 Å². The third-order valence-corrected chi connectivity index (χ3v) is 7.09. The Bertz CT molecular complexity index is 1170. The summed E-state index contributed by atoms with van der Waals surface area (Å²) in [4.78, 5) is 20.5. The van der Waals surface area contributed by atoms with Gasteiger partial charge in [-0.1, -0.05) is 18.2 Å². The van der Waals surface area contributed by atoms with Gasteiger partial charge in [0.25, 0.3) is 15.9 Å². The first kappa shape index (κ1) is 16.5. The van der Waals surface area contributed by atoms with Gasteiger partial charge in [-0.15, -0.1) is 11.3 Å². The zero-order valence-corrected chi connectivity index (χ0v) is 15.0. The van der Waals surface area contributed by atoms with Gasteiger partial charge in [0.1, 0.15) is 4.90 Å². The standard InChI is InChI=1S/C16H12N4O4S2/c1-20-12(16(22)19-11-8-17-6-7-18-11)13(21)14-15(26(20,23)24)9-4-2-3-5-10(9)25-14/h2-8,21H,1H3,(H,18,19,22). The van der Waals surface area contributed by atoms with Crippen LogP contribution in [0, 0.1) is 0 Å². The van der Waals surface area contributed by atoms with Gasteiger partial charge in [-0.2, -0.15) is 0 Å². The minimum Gasteiger partial charge on any atom is -0.504 e. The summed E-state index contributed by atoms with van der Waals surface area (Å²) in [6.07, 6.45) is 4.14. The molecule has 3 aromatic rings. The van der Waals surface area contributed by atoms with Crippen molar-refractivity contribution in [2.24, 2.45) is 0 Å². The number of carbonyl (C=O) groups excluding carboxylic acids is 1. The highest BCUT2D eigenvalue weighted by atomic mass is 32.2. The lowest BCUT2D eigenvalue weighted by atomic mass is 10.2. The number of aromatic nitrogens is 2. The molecule has 0 saturated heterocycles. The lowest BCUT2D eigenvalue weighted by Crippen LogP contribution is -2.36. The van der Waals surface area contributed by atoms with Crippen LogP contribution in [0.3, 0.4) is 0 Å². The van der Waals surface area contributed by atoms with Crippen molar-refractivity contribution in [1.29, 1.82) is 0 Å². The fourth-order valence-electron chi connectivity index (χ4n) is 2.74. The van der Waals surface area contributed by atoms with Crippen molar-refractivity contribution in [3.8, 4) is 0 Å². The number of likely N-dealkylation sites (N-methyl/N-ethyl adjacent to an activating group) is 1. The summed E-state index contributed by atoms with van der Waals surface area (Å²) in [7, 11) is -2.77. The maximum Gasteiger partial charge on any atom is 0.278 e. The van der Waals surface area contributed by atoms with E-state index in [0.29, 0.717) is 10.1 Å². The number of amides is 1. The van der Waals surface area contributed by atoms with Crippen LogP contribution < -0.4 is 5.32 Å². The van der Waals surface area contributed by atoms with Crippen molar-refractivity contribution in [3.63, 3.8) is 0 Å². The summed E-state index contributed by atoms with van der Waals surface area (Å²) in [6.45, 7) is 0. The van der Waals surface area contributed by atoms with Crippen LogP contribution in [-0.4, -0.2) is 40.8 Å². The number of nitrogens with one attached hydrogen (secondary N) is 1. The zero-order valence-electron chi connectivity index (χ0n) is 13.4. The normalized spacial score (nSPS) is 15.8. The monoisotopic (exact) mass is 388 g/mol. The molecule has 8 nitrogen and oxygen atoms in total. The highest BCUT2D eigenvalue weighted by molar-refractivity contribution is 7.89. The third kappa shape index (κ3) is 2.34. The predicted molar refractivity (Wildman–Crippen MR) is 97.0 cm³/mol. The summed E-state index contributed by atoms with van der Waals surface area (Å²) < 4.78 is 27.4. The Morgan fingerprint density at radius 1 is 1.27 bits per heavy atom. The number of benzene rings is 1. The summed E-state index contributed by atoms with van der Waals surface area (Å²) in [5.41, 5.74) is -0.366. The number of carbonyl (C=O) groups is 1. The highest BCUT2D eigenvalue weighted by Gasteiger charge is 2.40. The fourth-order valence-corrected chi connectivity index (χ4v) is 5.76. The van der Waals surface area contributed by atoms with Crippen LogP contribution in [0.25, 0.3) is 15.8 Å².